The van der Waals surface area contributed by atoms with Crippen molar-refractivity contribution in [1.29, 1.82) is 0 Å². The second-order valence-electron chi connectivity index (χ2n) is 6.10. The molecule has 3 aromatic rings. The first-order chi connectivity index (χ1) is 13.1. The lowest BCUT2D eigenvalue weighted by Gasteiger charge is -2.12. The number of carbonyl (C=O) groups excluding carboxylic acids is 1. The van der Waals surface area contributed by atoms with Gasteiger partial charge in [0.15, 0.2) is 18.1 Å². The maximum atomic E-state index is 12.1. The normalized spacial score (nSPS) is 12.1. The molecule has 2 aromatic carbocycles. The summed E-state index contributed by atoms with van der Waals surface area (Å²) in [6.45, 7) is 0.0908. The van der Waals surface area contributed by atoms with Crippen molar-refractivity contribution in [3.63, 3.8) is 0 Å². The molecule has 1 aromatic heterocycles. The summed E-state index contributed by atoms with van der Waals surface area (Å²) in [4.78, 5) is 18.3. The summed E-state index contributed by atoms with van der Waals surface area (Å²) in [6, 6.07) is 12.5. The largest absolute Gasteiger partial charge is 0.454 e. The van der Waals surface area contributed by atoms with E-state index in [0.717, 1.165) is 11.3 Å². The Morgan fingerprint density at radius 3 is 2.67 bits per heavy atom. The number of hydrogen-bond donors (Lipinski definition) is 0. The molecular weight excluding hydrogens is 350 g/mol. The average Bonchev–Trinajstić information content (AvgIpc) is 3.34. The van der Waals surface area contributed by atoms with Crippen molar-refractivity contribution in [2.45, 2.75) is 6.61 Å². The minimum atomic E-state index is -0.455. The number of ether oxygens (including phenoxy) is 3. The minimum absolute atomic E-state index is 0.105. The van der Waals surface area contributed by atoms with E-state index in [2.05, 4.69) is 10.1 Å². The first-order valence-corrected chi connectivity index (χ1v) is 8.27. The molecule has 0 atom stereocenters. The van der Waals surface area contributed by atoms with E-state index >= 15 is 0 Å². The van der Waals surface area contributed by atoms with Gasteiger partial charge in [-0.3, -0.25) is 0 Å². The quantitative estimate of drug-likeness (QED) is 0.636. The number of anilines is 1. The van der Waals surface area contributed by atoms with Crippen LogP contribution in [0, 0.1) is 0 Å². The predicted molar refractivity (Wildman–Crippen MR) is 95.7 cm³/mol. The van der Waals surface area contributed by atoms with E-state index in [1.807, 2.05) is 31.1 Å². The first-order valence-electron chi connectivity index (χ1n) is 8.27. The molecule has 2 heterocycles. The smallest absolute Gasteiger partial charge is 0.338 e. The molecule has 27 heavy (non-hydrogen) atoms. The Bertz CT molecular complexity index is 966. The van der Waals surface area contributed by atoms with Crippen LogP contribution in [0.4, 0.5) is 5.69 Å². The van der Waals surface area contributed by atoms with Gasteiger partial charge < -0.3 is 23.6 Å². The maximum absolute atomic E-state index is 12.1. The summed E-state index contributed by atoms with van der Waals surface area (Å²) in [5.41, 5.74) is 2.17. The van der Waals surface area contributed by atoms with Gasteiger partial charge in [0.05, 0.1) is 5.56 Å². The van der Waals surface area contributed by atoms with Crippen LogP contribution in [-0.2, 0) is 11.3 Å². The van der Waals surface area contributed by atoms with Crippen LogP contribution in [0.3, 0.4) is 0 Å². The Morgan fingerprint density at radius 2 is 1.89 bits per heavy atom. The summed E-state index contributed by atoms with van der Waals surface area (Å²) in [5, 5.41) is 3.91. The van der Waals surface area contributed by atoms with Crippen LogP contribution in [0.5, 0.6) is 11.5 Å². The average molecular weight is 367 g/mol. The molecular formula is C19H17N3O5. The molecule has 0 spiro atoms. The highest BCUT2D eigenvalue weighted by Gasteiger charge is 2.17. The van der Waals surface area contributed by atoms with Crippen molar-refractivity contribution >= 4 is 11.7 Å². The van der Waals surface area contributed by atoms with Crippen molar-refractivity contribution in [3.05, 3.63) is 53.9 Å². The molecule has 0 bridgehead atoms. The molecule has 0 saturated heterocycles. The summed E-state index contributed by atoms with van der Waals surface area (Å²) in [7, 11) is 3.86. The van der Waals surface area contributed by atoms with E-state index < -0.39 is 5.97 Å². The molecule has 8 heteroatoms. The van der Waals surface area contributed by atoms with Crippen molar-refractivity contribution in [3.8, 4) is 22.9 Å². The van der Waals surface area contributed by atoms with E-state index in [1.54, 1.807) is 30.3 Å². The number of aromatic nitrogens is 2. The van der Waals surface area contributed by atoms with Crippen LogP contribution in [-0.4, -0.2) is 37.0 Å². The number of benzene rings is 2. The number of hydrogen-bond acceptors (Lipinski definition) is 8. The number of nitrogens with zero attached hydrogens (tertiary/aromatic N) is 3. The number of rotatable bonds is 5. The first kappa shape index (κ1) is 16.9. The Labute approximate surface area is 155 Å². The maximum Gasteiger partial charge on any atom is 0.338 e. The molecule has 8 nitrogen and oxygen atoms in total. The van der Waals surface area contributed by atoms with Gasteiger partial charge >= 0.3 is 5.97 Å². The van der Waals surface area contributed by atoms with E-state index in [9.17, 15) is 4.79 Å². The van der Waals surface area contributed by atoms with Crippen LogP contribution in [0.25, 0.3) is 11.4 Å². The van der Waals surface area contributed by atoms with Gasteiger partial charge in [-0.05, 0) is 42.5 Å². The third kappa shape index (κ3) is 3.55. The third-order valence-electron chi connectivity index (χ3n) is 4.05. The molecule has 0 fully saturated rings. The molecule has 0 unspecified atom stereocenters. The van der Waals surface area contributed by atoms with E-state index in [0.29, 0.717) is 22.9 Å². The Hall–Kier alpha value is -3.55. The van der Waals surface area contributed by atoms with Crippen LogP contribution >= 0.6 is 0 Å². The fraction of sp³-hybridized carbons (Fsp3) is 0.211. The zero-order chi connectivity index (χ0) is 18.8. The van der Waals surface area contributed by atoms with Gasteiger partial charge in [-0.25, -0.2) is 4.79 Å². The van der Waals surface area contributed by atoms with E-state index in [1.165, 1.54) is 0 Å². The minimum Gasteiger partial charge on any atom is -0.454 e. The van der Waals surface area contributed by atoms with E-state index in [-0.39, 0.29) is 19.3 Å². The highest BCUT2D eigenvalue weighted by molar-refractivity contribution is 5.89. The predicted octanol–water partition coefficient (Wildman–Crippen LogP) is 2.89. The summed E-state index contributed by atoms with van der Waals surface area (Å²) < 4.78 is 21.0. The number of fused-ring (bicyclic) bond motifs is 1. The third-order valence-corrected chi connectivity index (χ3v) is 4.05. The second-order valence-corrected chi connectivity index (χ2v) is 6.10. The van der Waals surface area contributed by atoms with Crippen LogP contribution < -0.4 is 14.4 Å². The molecule has 0 radical (unpaired) electrons. The van der Waals surface area contributed by atoms with Gasteiger partial charge in [-0.2, -0.15) is 4.98 Å². The summed E-state index contributed by atoms with van der Waals surface area (Å²) in [5.74, 6) is 1.45. The molecule has 0 aliphatic carbocycles. The van der Waals surface area contributed by atoms with Crippen LogP contribution in [0.1, 0.15) is 16.2 Å². The SMILES string of the molecule is CN(C)c1ccc(C(=O)OCc2nc(-c3ccc4c(c3)OCO4)no2)cc1. The zero-order valence-electron chi connectivity index (χ0n) is 14.8. The topological polar surface area (TPSA) is 86.9 Å². The van der Waals surface area contributed by atoms with Gasteiger partial charge in [0.25, 0.3) is 5.89 Å². The van der Waals surface area contributed by atoms with Gasteiger partial charge in [-0.15, -0.1) is 0 Å². The molecule has 0 amide bonds. The summed E-state index contributed by atoms with van der Waals surface area (Å²) >= 11 is 0. The van der Waals surface area contributed by atoms with Gasteiger partial charge in [-0.1, -0.05) is 5.16 Å². The molecule has 0 N–H and O–H groups in total. The zero-order valence-corrected chi connectivity index (χ0v) is 14.8. The fourth-order valence-electron chi connectivity index (χ4n) is 2.57. The van der Waals surface area contributed by atoms with Crippen molar-refractivity contribution in [2.24, 2.45) is 0 Å². The standard InChI is InChI=1S/C19H17N3O5/c1-22(2)14-6-3-12(4-7-14)19(23)24-10-17-20-18(21-27-17)13-5-8-15-16(9-13)26-11-25-15/h3-9H,10-11H2,1-2H3. The lowest BCUT2D eigenvalue weighted by molar-refractivity contribution is 0.0430. The second kappa shape index (κ2) is 6.99. The molecule has 0 saturated carbocycles. The Balaban J connectivity index is 1.40. The van der Waals surface area contributed by atoms with Crippen LogP contribution in [0.15, 0.2) is 47.0 Å². The number of carbonyl (C=O) groups is 1. The lowest BCUT2D eigenvalue weighted by Crippen LogP contribution is -2.09. The molecule has 1 aliphatic heterocycles. The van der Waals surface area contributed by atoms with E-state index in [4.69, 9.17) is 18.7 Å². The highest BCUT2D eigenvalue weighted by atomic mass is 16.7. The molecule has 4 rings (SSSR count). The monoisotopic (exact) mass is 367 g/mol. The van der Waals surface area contributed by atoms with Crippen molar-refractivity contribution < 1.29 is 23.5 Å². The van der Waals surface area contributed by atoms with Crippen LogP contribution in [0.2, 0.25) is 0 Å². The van der Waals surface area contributed by atoms with Crippen molar-refractivity contribution in [1.82, 2.24) is 10.1 Å². The van der Waals surface area contributed by atoms with Gasteiger partial charge in [0, 0.05) is 25.3 Å². The van der Waals surface area contributed by atoms with Crippen molar-refractivity contribution in [2.75, 3.05) is 25.8 Å². The van der Waals surface area contributed by atoms with Gasteiger partial charge in [0.1, 0.15) is 0 Å². The lowest BCUT2D eigenvalue weighted by atomic mass is 10.2. The summed E-state index contributed by atoms with van der Waals surface area (Å²) in [6.07, 6.45) is 0. The van der Waals surface area contributed by atoms with Gasteiger partial charge in [0.2, 0.25) is 12.6 Å². The highest BCUT2D eigenvalue weighted by Crippen LogP contribution is 2.35. The molecule has 1 aliphatic rings. The molecule has 138 valence electrons. The Morgan fingerprint density at radius 1 is 1.11 bits per heavy atom. The number of esters is 1. The Kier molecular flexibility index (Phi) is 4.37. The fourth-order valence-corrected chi connectivity index (χ4v) is 2.57.